The SMILES string of the molecule is CC[C@H](OC(C)C)c1cc(F)ccc1OC. The maximum Gasteiger partial charge on any atom is 0.124 e. The lowest BCUT2D eigenvalue weighted by atomic mass is 10.1. The molecule has 0 aliphatic rings. The molecule has 0 fully saturated rings. The van der Waals surface area contributed by atoms with Crippen molar-refractivity contribution in [1.29, 1.82) is 0 Å². The molecule has 0 bridgehead atoms. The van der Waals surface area contributed by atoms with E-state index in [2.05, 4.69) is 0 Å². The third-order valence-corrected chi connectivity index (χ3v) is 2.35. The maximum absolute atomic E-state index is 13.2. The van der Waals surface area contributed by atoms with Crippen LogP contribution in [0.25, 0.3) is 0 Å². The minimum atomic E-state index is -0.262. The Labute approximate surface area is 96.4 Å². The number of hydrogen-bond donors (Lipinski definition) is 0. The molecule has 0 spiro atoms. The summed E-state index contributed by atoms with van der Waals surface area (Å²) in [6, 6.07) is 4.51. The van der Waals surface area contributed by atoms with Crippen LogP contribution in [0.4, 0.5) is 4.39 Å². The largest absolute Gasteiger partial charge is 0.496 e. The highest BCUT2D eigenvalue weighted by atomic mass is 19.1. The molecule has 2 nitrogen and oxygen atoms in total. The normalized spacial score (nSPS) is 12.9. The van der Waals surface area contributed by atoms with E-state index in [-0.39, 0.29) is 18.0 Å². The molecule has 0 aromatic heterocycles. The summed E-state index contributed by atoms with van der Waals surface area (Å²) in [7, 11) is 1.58. The van der Waals surface area contributed by atoms with E-state index in [0.29, 0.717) is 5.75 Å². The first kappa shape index (κ1) is 13.0. The summed E-state index contributed by atoms with van der Waals surface area (Å²) in [6.07, 6.45) is 0.779. The lowest BCUT2D eigenvalue weighted by Crippen LogP contribution is -2.11. The third kappa shape index (κ3) is 3.20. The zero-order valence-corrected chi connectivity index (χ0v) is 10.3. The van der Waals surface area contributed by atoms with Gasteiger partial charge >= 0.3 is 0 Å². The van der Waals surface area contributed by atoms with Crippen LogP contribution in [0.1, 0.15) is 38.9 Å². The van der Waals surface area contributed by atoms with Gasteiger partial charge in [0, 0.05) is 5.56 Å². The van der Waals surface area contributed by atoms with Crippen molar-refractivity contribution in [2.45, 2.75) is 39.4 Å². The van der Waals surface area contributed by atoms with E-state index in [1.165, 1.54) is 12.1 Å². The Morgan fingerprint density at radius 2 is 2.00 bits per heavy atom. The van der Waals surface area contributed by atoms with E-state index < -0.39 is 0 Å². The molecule has 0 N–H and O–H groups in total. The molecule has 16 heavy (non-hydrogen) atoms. The Morgan fingerprint density at radius 3 is 2.50 bits per heavy atom. The number of halogens is 1. The van der Waals surface area contributed by atoms with Gasteiger partial charge in [-0.3, -0.25) is 0 Å². The van der Waals surface area contributed by atoms with Crippen molar-refractivity contribution in [3.05, 3.63) is 29.6 Å². The third-order valence-electron chi connectivity index (χ3n) is 2.35. The van der Waals surface area contributed by atoms with Crippen molar-refractivity contribution in [3.63, 3.8) is 0 Å². The van der Waals surface area contributed by atoms with Crippen LogP contribution in [0, 0.1) is 5.82 Å². The van der Waals surface area contributed by atoms with Crippen LogP contribution in [0.15, 0.2) is 18.2 Å². The van der Waals surface area contributed by atoms with E-state index in [4.69, 9.17) is 9.47 Å². The topological polar surface area (TPSA) is 18.5 Å². The molecule has 1 aromatic carbocycles. The van der Waals surface area contributed by atoms with Crippen molar-refractivity contribution < 1.29 is 13.9 Å². The standard InChI is InChI=1S/C13H19FO2/c1-5-12(16-9(2)3)11-8-10(14)6-7-13(11)15-4/h6-9,12H,5H2,1-4H3/t12-/m0/s1. The van der Waals surface area contributed by atoms with E-state index >= 15 is 0 Å². The fourth-order valence-electron chi connectivity index (χ4n) is 1.67. The predicted octanol–water partition coefficient (Wildman–Crippen LogP) is 3.71. The average molecular weight is 226 g/mol. The highest BCUT2D eigenvalue weighted by Gasteiger charge is 2.17. The van der Waals surface area contributed by atoms with E-state index in [0.717, 1.165) is 12.0 Å². The van der Waals surface area contributed by atoms with E-state index in [9.17, 15) is 4.39 Å². The fraction of sp³-hybridized carbons (Fsp3) is 0.538. The number of rotatable bonds is 5. The Hall–Kier alpha value is -1.09. The molecule has 1 rings (SSSR count). The van der Waals surface area contributed by atoms with Gasteiger partial charge in [-0.25, -0.2) is 4.39 Å². The van der Waals surface area contributed by atoms with Gasteiger partial charge in [-0.2, -0.15) is 0 Å². The molecule has 90 valence electrons. The minimum Gasteiger partial charge on any atom is -0.496 e. The molecular formula is C13H19FO2. The second-order valence-corrected chi connectivity index (χ2v) is 3.97. The van der Waals surface area contributed by atoms with Crippen molar-refractivity contribution in [3.8, 4) is 5.75 Å². The molecule has 0 saturated heterocycles. The van der Waals surface area contributed by atoms with Crippen LogP contribution in [-0.4, -0.2) is 13.2 Å². The zero-order chi connectivity index (χ0) is 12.1. The Balaban J connectivity index is 3.02. The molecule has 3 heteroatoms. The predicted molar refractivity (Wildman–Crippen MR) is 62.2 cm³/mol. The van der Waals surface area contributed by atoms with Gasteiger partial charge in [0.15, 0.2) is 0 Å². The molecule has 1 aromatic rings. The summed E-state index contributed by atoms with van der Waals surface area (Å²) in [5.41, 5.74) is 0.777. The van der Waals surface area contributed by atoms with Crippen LogP contribution >= 0.6 is 0 Å². The molecule has 0 unspecified atom stereocenters. The van der Waals surface area contributed by atoms with Crippen LogP contribution in [0.3, 0.4) is 0 Å². The second-order valence-electron chi connectivity index (χ2n) is 3.97. The molecule has 0 aliphatic carbocycles. The zero-order valence-electron chi connectivity index (χ0n) is 10.3. The van der Waals surface area contributed by atoms with E-state index in [1.807, 2.05) is 20.8 Å². The van der Waals surface area contributed by atoms with Gasteiger partial charge in [0.2, 0.25) is 0 Å². The quantitative estimate of drug-likeness (QED) is 0.762. The van der Waals surface area contributed by atoms with Crippen molar-refractivity contribution in [1.82, 2.24) is 0 Å². The molecular weight excluding hydrogens is 207 g/mol. The summed E-state index contributed by atoms with van der Waals surface area (Å²) >= 11 is 0. The molecule has 0 aliphatic heterocycles. The van der Waals surface area contributed by atoms with Crippen molar-refractivity contribution in [2.75, 3.05) is 7.11 Å². The highest BCUT2D eigenvalue weighted by molar-refractivity contribution is 5.35. The van der Waals surface area contributed by atoms with Crippen molar-refractivity contribution >= 4 is 0 Å². The van der Waals surface area contributed by atoms with Crippen LogP contribution < -0.4 is 4.74 Å². The second kappa shape index (κ2) is 5.85. The first-order valence-electron chi connectivity index (χ1n) is 5.57. The monoisotopic (exact) mass is 226 g/mol. The molecule has 0 heterocycles. The number of ether oxygens (including phenoxy) is 2. The average Bonchev–Trinajstić information content (AvgIpc) is 2.25. The van der Waals surface area contributed by atoms with E-state index in [1.54, 1.807) is 13.2 Å². The van der Waals surface area contributed by atoms with Gasteiger partial charge in [0.1, 0.15) is 11.6 Å². The maximum atomic E-state index is 13.2. The number of methoxy groups -OCH3 is 1. The summed E-state index contributed by atoms with van der Waals surface area (Å²) in [5, 5.41) is 0. The van der Waals surface area contributed by atoms with Gasteiger partial charge in [-0.1, -0.05) is 6.92 Å². The van der Waals surface area contributed by atoms with Crippen LogP contribution in [-0.2, 0) is 4.74 Å². The molecule has 0 amide bonds. The van der Waals surface area contributed by atoms with Gasteiger partial charge in [-0.05, 0) is 38.5 Å². The highest BCUT2D eigenvalue weighted by Crippen LogP contribution is 2.31. The van der Waals surface area contributed by atoms with Gasteiger partial charge in [0.25, 0.3) is 0 Å². The number of hydrogen-bond acceptors (Lipinski definition) is 2. The lowest BCUT2D eigenvalue weighted by molar-refractivity contribution is 0.00312. The van der Waals surface area contributed by atoms with Crippen LogP contribution in [0.2, 0.25) is 0 Å². The number of benzene rings is 1. The van der Waals surface area contributed by atoms with Gasteiger partial charge in [0.05, 0.1) is 19.3 Å². The lowest BCUT2D eigenvalue weighted by Gasteiger charge is -2.21. The first-order valence-corrected chi connectivity index (χ1v) is 5.57. The smallest absolute Gasteiger partial charge is 0.124 e. The minimum absolute atomic E-state index is 0.109. The summed E-state index contributed by atoms with van der Waals surface area (Å²) in [4.78, 5) is 0. The Morgan fingerprint density at radius 1 is 1.31 bits per heavy atom. The van der Waals surface area contributed by atoms with Crippen LogP contribution in [0.5, 0.6) is 5.75 Å². The molecule has 1 atom stereocenters. The van der Waals surface area contributed by atoms with Gasteiger partial charge < -0.3 is 9.47 Å². The molecule has 0 radical (unpaired) electrons. The fourth-order valence-corrected chi connectivity index (χ4v) is 1.67. The Kier molecular flexibility index (Phi) is 4.74. The Bertz CT molecular complexity index is 337. The van der Waals surface area contributed by atoms with Crippen molar-refractivity contribution in [2.24, 2.45) is 0 Å². The molecule has 0 saturated carbocycles. The van der Waals surface area contributed by atoms with Gasteiger partial charge in [-0.15, -0.1) is 0 Å². The summed E-state index contributed by atoms with van der Waals surface area (Å²) in [5.74, 6) is 0.413. The summed E-state index contributed by atoms with van der Waals surface area (Å²) < 4.78 is 24.2. The summed E-state index contributed by atoms with van der Waals surface area (Å²) in [6.45, 7) is 5.94. The first-order chi connectivity index (χ1) is 7.58.